The first-order valence-corrected chi connectivity index (χ1v) is 8.77. The van der Waals surface area contributed by atoms with E-state index in [2.05, 4.69) is 15.0 Å². The van der Waals surface area contributed by atoms with E-state index in [0.717, 1.165) is 17.5 Å². The van der Waals surface area contributed by atoms with Crippen molar-refractivity contribution in [3.63, 3.8) is 0 Å². The number of nitrogen functional groups attached to an aromatic ring is 1. The Morgan fingerprint density at radius 1 is 1.33 bits per heavy atom. The zero-order valence-corrected chi connectivity index (χ0v) is 14.1. The van der Waals surface area contributed by atoms with E-state index in [1.807, 2.05) is 16.5 Å². The Balaban J connectivity index is 1.34. The molecule has 2 saturated carbocycles. The van der Waals surface area contributed by atoms with E-state index in [1.54, 1.807) is 6.33 Å². The number of nitrogens with zero attached hydrogens (tertiary/aromatic N) is 5. The molecule has 3 unspecified atom stereocenters. The summed E-state index contributed by atoms with van der Waals surface area (Å²) in [6.07, 6.45) is 9.18. The van der Waals surface area contributed by atoms with E-state index < -0.39 is 0 Å². The molecular weight excluding hydrogens is 304 g/mol. The predicted molar refractivity (Wildman–Crippen MR) is 90.9 cm³/mol. The summed E-state index contributed by atoms with van der Waals surface area (Å²) in [5.74, 6) is 2.94. The van der Waals surface area contributed by atoms with Crippen molar-refractivity contribution in [3.8, 4) is 0 Å². The molecule has 0 aromatic carbocycles. The maximum atomic E-state index is 12.5. The van der Waals surface area contributed by atoms with Crippen LogP contribution in [0.5, 0.6) is 0 Å². The van der Waals surface area contributed by atoms with Crippen LogP contribution in [0.2, 0.25) is 0 Å². The molecule has 0 aliphatic heterocycles. The van der Waals surface area contributed by atoms with Gasteiger partial charge in [0.05, 0.1) is 6.33 Å². The summed E-state index contributed by atoms with van der Waals surface area (Å²) < 4.78 is 1.93. The van der Waals surface area contributed by atoms with Gasteiger partial charge < -0.3 is 15.2 Å². The van der Waals surface area contributed by atoms with E-state index in [0.29, 0.717) is 36.8 Å². The van der Waals surface area contributed by atoms with Gasteiger partial charge in [0.1, 0.15) is 11.8 Å². The fourth-order valence-electron chi connectivity index (χ4n) is 4.45. The second kappa shape index (κ2) is 6.03. The van der Waals surface area contributed by atoms with Crippen LogP contribution < -0.4 is 5.73 Å². The first kappa shape index (κ1) is 15.4. The SMILES string of the molecule is CN(CCn1cnc2c(N)ncnc21)C(=O)CC1CC2CCC1C2. The second-order valence-electron chi connectivity index (χ2n) is 7.32. The number of likely N-dealkylation sites (N-methyl/N-ethyl adjacent to an activating group) is 1. The summed E-state index contributed by atoms with van der Waals surface area (Å²) >= 11 is 0. The number of imidazole rings is 1. The highest BCUT2D eigenvalue weighted by molar-refractivity contribution is 5.81. The van der Waals surface area contributed by atoms with Crippen molar-refractivity contribution in [2.75, 3.05) is 19.3 Å². The van der Waals surface area contributed by atoms with Crippen LogP contribution in [-0.2, 0) is 11.3 Å². The summed E-state index contributed by atoms with van der Waals surface area (Å²) in [4.78, 5) is 26.8. The maximum absolute atomic E-state index is 12.5. The molecule has 2 bridgehead atoms. The van der Waals surface area contributed by atoms with Crippen LogP contribution in [0, 0.1) is 17.8 Å². The molecule has 24 heavy (non-hydrogen) atoms. The molecule has 2 heterocycles. The number of carbonyl (C=O) groups excluding carboxylic acids is 1. The summed E-state index contributed by atoms with van der Waals surface area (Å²) in [5, 5.41) is 0. The van der Waals surface area contributed by atoms with Crippen LogP contribution in [0.1, 0.15) is 32.1 Å². The van der Waals surface area contributed by atoms with Gasteiger partial charge in [-0.15, -0.1) is 0 Å². The third kappa shape index (κ3) is 2.72. The van der Waals surface area contributed by atoms with Crippen molar-refractivity contribution in [2.24, 2.45) is 17.8 Å². The molecule has 4 rings (SSSR count). The average molecular weight is 328 g/mol. The largest absolute Gasteiger partial charge is 0.382 e. The molecule has 2 aliphatic carbocycles. The lowest BCUT2D eigenvalue weighted by Crippen LogP contribution is -2.32. The average Bonchev–Trinajstić information content (AvgIpc) is 3.28. The van der Waals surface area contributed by atoms with E-state index in [9.17, 15) is 4.79 Å². The number of amides is 1. The Labute approximate surface area is 141 Å². The molecule has 2 fully saturated rings. The fraction of sp³-hybridized carbons (Fsp3) is 0.647. The first-order valence-electron chi connectivity index (χ1n) is 8.77. The summed E-state index contributed by atoms with van der Waals surface area (Å²) in [6, 6.07) is 0. The third-order valence-corrected chi connectivity index (χ3v) is 5.85. The summed E-state index contributed by atoms with van der Waals surface area (Å²) in [7, 11) is 1.89. The number of hydrogen-bond acceptors (Lipinski definition) is 5. The van der Waals surface area contributed by atoms with Crippen LogP contribution in [0.25, 0.3) is 11.2 Å². The fourth-order valence-corrected chi connectivity index (χ4v) is 4.45. The molecule has 0 radical (unpaired) electrons. The van der Waals surface area contributed by atoms with Gasteiger partial charge in [0.15, 0.2) is 11.5 Å². The zero-order chi connectivity index (χ0) is 16.7. The van der Waals surface area contributed by atoms with Crippen molar-refractivity contribution in [2.45, 2.75) is 38.6 Å². The van der Waals surface area contributed by atoms with E-state index >= 15 is 0 Å². The molecule has 2 aromatic heterocycles. The second-order valence-corrected chi connectivity index (χ2v) is 7.32. The molecule has 3 atom stereocenters. The number of anilines is 1. The van der Waals surface area contributed by atoms with Gasteiger partial charge in [0.2, 0.25) is 5.91 Å². The third-order valence-electron chi connectivity index (χ3n) is 5.85. The van der Waals surface area contributed by atoms with Gasteiger partial charge in [-0.3, -0.25) is 4.79 Å². The van der Waals surface area contributed by atoms with Gasteiger partial charge >= 0.3 is 0 Å². The number of carbonyl (C=O) groups is 1. The lowest BCUT2D eigenvalue weighted by Gasteiger charge is -2.24. The van der Waals surface area contributed by atoms with Crippen LogP contribution in [-0.4, -0.2) is 43.9 Å². The minimum absolute atomic E-state index is 0.256. The predicted octanol–water partition coefficient (Wildman–Crippen LogP) is 1.69. The highest BCUT2D eigenvalue weighted by atomic mass is 16.2. The number of rotatable bonds is 5. The Morgan fingerprint density at radius 3 is 2.96 bits per heavy atom. The molecule has 7 nitrogen and oxygen atoms in total. The topological polar surface area (TPSA) is 89.9 Å². The first-order chi connectivity index (χ1) is 11.6. The van der Waals surface area contributed by atoms with Crippen molar-refractivity contribution in [1.82, 2.24) is 24.4 Å². The van der Waals surface area contributed by atoms with Crippen molar-refractivity contribution < 1.29 is 4.79 Å². The van der Waals surface area contributed by atoms with Crippen LogP contribution in [0.15, 0.2) is 12.7 Å². The molecule has 7 heteroatoms. The molecular formula is C17H24N6O. The molecule has 1 amide bonds. The number of hydrogen-bond donors (Lipinski definition) is 1. The van der Waals surface area contributed by atoms with E-state index in [4.69, 9.17) is 5.73 Å². The number of fused-ring (bicyclic) bond motifs is 3. The van der Waals surface area contributed by atoms with E-state index in [-0.39, 0.29) is 5.91 Å². The van der Waals surface area contributed by atoms with Crippen LogP contribution >= 0.6 is 0 Å². The Hall–Kier alpha value is -2.18. The van der Waals surface area contributed by atoms with Crippen molar-refractivity contribution in [3.05, 3.63) is 12.7 Å². The maximum Gasteiger partial charge on any atom is 0.222 e. The smallest absolute Gasteiger partial charge is 0.222 e. The monoisotopic (exact) mass is 328 g/mol. The highest BCUT2D eigenvalue weighted by Gasteiger charge is 2.40. The standard InChI is InChI=1S/C17H24N6O/c1-22(14(24)8-13-7-11-2-3-12(13)6-11)4-5-23-10-21-15-16(18)19-9-20-17(15)23/h9-13H,2-8H2,1H3,(H2,18,19,20). The Kier molecular flexibility index (Phi) is 3.86. The normalized spacial score (nSPS) is 25.5. The van der Waals surface area contributed by atoms with Crippen LogP contribution in [0.3, 0.4) is 0 Å². The Morgan fingerprint density at radius 2 is 2.21 bits per heavy atom. The molecule has 0 saturated heterocycles. The van der Waals surface area contributed by atoms with Crippen molar-refractivity contribution >= 4 is 22.9 Å². The van der Waals surface area contributed by atoms with Crippen LogP contribution in [0.4, 0.5) is 5.82 Å². The molecule has 0 spiro atoms. The summed E-state index contributed by atoms with van der Waals surface area (Å²) in [6.45, 7) is 1.31. The Bertz CT molecular complexity index is 757. The molecule has 2 aliphatic rings. The minimum atomic E-state index is 0.256. The minimum Gasteiger partial charge on any atom is -0.382 e. The van der Waals surface area contributed by atoms with Gasteiger partial charge in [-0.2, -0.15) is 0 Å². The molecule has 2 N–H and O–H groups in total. The lowest BCUT2D eigenvalue weighted by molar-refractivity contribution is -0.131. The zero-order valence-electron chi connectivity index (χ0n) is 14.1. The summed E-state index contributed by atoms with van der Waals surface area (Å²) in [5.41, 5.74) is 7.14. The van der Waals surface area contributed by atoms with Gasteiger partial charge in [-0.1, -0.05) is 6.42 Å². The van der Waals surface area contributed by atoms with Gasteiger partial charge in [0.25, 0.3) is 0 Å². The molecule has 128 valence electrons. The van der Waals surface area contributed by atoms with Gasteiger partial charge in [-0.05, 0) is 37.0 Å². The van der Waals surface area contributed by atoms with E-state index in [1.165, 1.54) is 32.0 Å². The van der Waals surface area contributed by atoms with Crippen molar-refractivity contribution in [1.29, 1.82) is 0 Å². The number of nitrogens with two attached hydrogens (primary N) is 1. The molecule has 2 aromatic rings. The van der Waals surface area contributed by atoms with Gasteiger partial charge in [0, 0.05) is 26.6 Å². The highest BCUT2D eigenvalue weighted by Crippen LogP contribution is 2.49. The number of aromatic nitrogens is 4. The quantitative estimate of drug-likeness (QED) is 0.902. The lowest BCUT2D eigenvalue weighted by atomic mass is 9.86. The van der Waals surface area contributed by atoms with Gasteiger partial charge in [-0.25, -0.2) is 15.0 Å².